The van der Waals surface area contributed by atoms with Crippen LogP contribution in [0.15, 0.2) is 28.7 Å². The number of carboxylic acids is 1. The molecule has 1 unspecified atom stereocenters. The molecular weight excluding hydrogens is 314 g/mol. The first-order valence-electron chi connectivity index (χ1n) is 5.91. The summed E-state index contributed by atoms with van der Waals surface area (Å²) in [6, 6.07) is 7.09. The van der Waals surface area contributed by atoms with Gasteiger partial charge in [0.05, 0.1) is 18.2 Å². The molecule has 0 aromatic heterocycles. The van der Waals surface area contributed by atoms with E-state index < -0.39 is 12.1 Å². The van der Waals surface area contributed by atoms with Crippen LogP contribution in [0, 0.1) is 0 Å². The summed E-state index contributed by atoms with van der Waals surface area (Å²) in [7, 11) is 0. The van der Waals surface area contributed by atoms with Crippen molar-refractivity contribution in [3.05, 3.63) is 34.3 Å². The number of carbonyl (C=O) groups is 2. The molecule has 0 radical (unpaired) electrons. The third-order valence-corrected chi connectivity index (χ3v) is 3.62. The summed E-state index contributed by atoms with van der Waals surface area (Å²) in [6.07, 6.45) is -1.25. The van der Waals surface area contributed by atoms with Crippen molar-refractivity contribution in [2.45, 2.75) is 19.1 Å². The number of aliphatic carboxylic acids is 1. The molecule has 1 amide bonds. The quantitative estimate of drug-likeness (QED) is 0.898. The molecule has 19 heavy (non-hydrogen) atoms. The van der Waals surface area contributed by atoms with E-state index in [0.29, 0.717) is 16.6 Å². The lowest BCUT2D eigenvalue weighted by Gasteiger charge is -2.35. The van der Waals surface area contributed by atoms with E-state index in [2.05, 4.69) is 15.9 Å². The highest BCUT2D eigenvalue weighted by Gasteiger charge is 2.33. The fourth-order valence-electron chi connectivity index (χ4n) is 2.06. The second kappa shape index (κ2) is 5.71. The molecule has 2 rings (SSSR count). The third-order valence-electron chi connectivity index (χ3n) is 2.93. The number of morpholine rings is 1. The first kappa shape index (κ1) is 14.0. The Kier molecular flexibility index (Phi) is 4.21. The van der Waals surface area contributed by atoms with E-state index in [0.717, 1.165) is 0 Å². The Labute approximate surface area is 119 Å². The van der Waals surface area contributed by atoms with E-state index in [9.17, 15) is 9.59 Å². The first-order valence-corrected chi connectivity index (χ1v) is 6.70. The lowest BCUT2D eigenvalue weighted by molar-refractivity contribution is -0.160. The number of carbonyl (C=O) groups excluding carboxylic acids is 1. The van der Waals surface area contributed by atoms with Crippen LogP contribution in [0.3, 0.4) is 0 Å². The van der Waals surface area contributed by atoms with Gasteiger partial charge in [-0.05, 0) is 35.0 Å². The molecule has 1 aliphatic heterocycles. The average molecular weight is 328 g/mol. The molecule has 1 aromatic rings. The van der Waals surface area contributed by atoms with Crippen molar-refractivity contribution < 1.29 is 19.4 Å². The van der Waals surface area contributed by atoms with Crippen molar-refractivity contribution in [3.8, 4) is 0 Å². The molecule has 1 N–H and O–H groups in total. The van der Waals surface area contributed by atoms with E-state index in [1.807, 2.05) is 6.07 Å². The molecule has 0 saturated carbocycles. The van der Waals surface area contributed by atoms with Crippen molar-refractivity contribution in [3.63, 3.8) is 0 Å². The van der Waals surface area contributed by atoms with Crippen molar-refractivity contribution in [1.82, 2.24) is 4.90 Å². The van der Waals surface area contributed by atoms with Gasteiger partial charge in [-0.1, -0.05) is 12.1 Å². The summed E-state index contributed by atoms with van der Waals surface area (Å²) in [4.78, 5) is 24.9. The Morgan fingerprint density at radius 3 is 2.68 bits per heavy atom. The highest BCUT2D eigenvalue weighted by Crippen LogP contribution is 2.20. The van der Waals surface area contributed by atoms with Gasteiger partial charge in [0.25, 0.3) is 5.91 Å². The number of halogens is 1. The molecule has 2 atom stereocenters. The number of benzene rings is 1. The normalized spacial score (nSPS) is 23.2. The zero-order valence-electron chi connectivity index (χ0n) is 10.4. The van der Waals surface area contributed by atoms with Gasteiger partial charge in [0, 0.05) is 11.0 Å². The predicted octanol–water partition coefficient (Wildman–Crippen LogP) is 1.76. The Morgan fingerprint density at radius 2 is 2.05 bits per heavy atom. The zero-order chi connectivity index (χ0) is 14.0. The minimum atomic E-state index is -1.04. The maximum Gasteiger partial charge on any atom is 0.334 e. The largest absolute Gasteiger partial charge is 0.479 e. The van der Waals surface area contributed by atoms with Gasteiger partial charge in [-0.25, -0.2) is 4.79 Å². The number of hydrogen-bond acceptors (Lipinski definition) is 3. The Morgan fingerprint density at radius 1 is 1.37 bits per heavy atom. The van der Waals surface area contributed by atoms with Gasteiger partial charge >= 0.3 is 5.97 Å². The number of ether oxygens (including phenoxy) is 1. The van der Waals surface area contributed by atoms with Crippen LogP contribution in [0.1, 0.15) is 17.3 Å². The third kappa shape index (κ3) is 3.13. The van der Waals surface area contributed by atoms with Crippen molar-refractivity contribution in [2.75, 3.05) is 13.1 Å². The van der Waals surface area contributed by atoms with Crippen LogP contribution >= 0.6 is 15.9 Å². The summed E-state index contributed by atoms with van der Waals surface area (Å²) in [5.74, 6) is -1.23. The topological polar surface area (TPSA) is 66.8 Å². The van der Waals surface area contributed by atoms with E-state index >= 15 is 0 Å². The van der Waals surface area contributed by atoms with Gasteiger partial charge in [-0.3, -0.25) is 4.79 Å². The maximum absolute atomic E-state index is 12.4. The number of rotatable bonds is 2. The second-order valence-electron chi connectivity index (χ2n) is 4.46. The predicted molar refractivity (Wildman–Crippen MR) is 72.0 cm³/mol. The minimum absolute atomic E-state index is 0.0693. The monoisotopic (exact) mass is 327 g/mol. The van der Waals surface area contributed by atoms with Gasteiger partial charge < -0.3 is 14.7 Å². The van der Waals surface area contributed by atoms with Crippen LogP contribution in [-0.2, 0) is 9.53 Å². The first-order chi connectivity index (χ1) is 8.99. The summed E-state index contributed by atoms with van der Waals surface area (Å²) in [6.45, 7) is 2.22. The van der Waals surface area contributed by atoms with Crippen LogP contribution in [0.25, 0.3) is 0 Å². The Bertz CT molecular complexity index is 505. The van der Waals surface area contributed by atoms with E-state index in [1.54, 1.807) is 25.1 Å². The van der Waals surface area contributed by atoms with Crippen LogP contribution in [0.2, 0.25) is 0 Å². The maximum atomic E-state index is 12.4. The standard InChI is InChI=1S/C13H14BrNO4/c1-8-6-15(7-11(19-8)13(17)18)12(16)9-4-2-3-5-10(9)14/h2-5,8,11H,6-7H2,1H3,(H,17,18)/t8-,11?/m1/s1. The molecule has 1 heterocycles. The molecule has 1 saturated heterocycles. The highest BCUT2D eigenvalue weighted by atomic mass is 79.9. The van der Waals surface area contributed by atoms with Crippen molar-refractivity contribution in [2.24, 2.45) is 0 Å². The van der Waals surface area contributed by atoms with E-state index in [1.165, 1.54) is 4.90 Å². The molecule has 0 aliphatic carbocycles. The van der Waals surface area contributed by atoms with Gasteiger partial charge in [0.15, 0.2) is 6.10 Å². The van der Waals surface area contributed by atoms with Gasteiger partial charge in [0.2, 0.25) is 0 Å². The summed E-state index contributed by atoms with van der Waals surface area (Å²) in [5, 5.41) is 9.01. The summed E-state index contributed by atoms with van der Waals surface area (Å²) >= 11 is 3.33. The summed E-state index contributed by atoms with van der Waals surface area (Å²) in [5.41, 5.74) is 0.528. The average Bonchev–Trinajstić information content (AvgIpc) is 2.37. The van der Waals surface area contributed by atoms with E-state index in [-0.39, 0.29) is 18.6 Å². The van der Waals surface area contributed by atoms with Crippen molar-refractivity contribution >= 4 is 27.8 Å². The van der Waals surface area contributed by atoms with Crippen molar-refractivity contribution in [1.29, 1.82) is 0 Å². The number of carboxylic acid groups (broad SMARTS) is 1. The van der Waals surface area contributed by atoms with Crippen LogP contribution in [0.5, 0.6) is 0 Å². The molecular formula is C13H14BrNO4. The Hall–Kier alpha value is -1.40. The van der Waals surface area contributed by atoms with E-state index in [4.69, 9.17) is 9.84 Å². The number of amides is 1. The summed E-state index contributed by atoms with van der Waals surface area (Å²) < 4.78 is 5.99. The second-order valence-corrected chi connectivity index (χ2v) is 5.32. The molecule has 1 aliphatic rings. The molecule has 5 nitrogen and oxygen atoms in total. The molecule has 0 bridgehead atoms. The molecule has 1 fully saturated rings. The van der Waals surface area contributed by atoms with Gasteiger partial charge in [-0.15, -0.1) is 0 Å². The lowest BCUT2D eigenvalue weighted by Crippen LogP contribution is -2.51. The number of hydrogen-bond donors (Lipinski definition) is 1. The van der Waals surface area contributed by atoms with Crippen LogP contribution in [-0.4, -0.2) is 47.2 Å². The minimum Gasteiger partial charge on any atom is -0.479 e. The van der Waals surface area contributed by atoms with Crippen LogP contribution in [0.4, 0.5) is 0 Å². The fraction of sp³-hybridized carbons (Fsp3) is 0.385. The smallest absolute Gasteiger partial charge is 0.334 e. The van der Waals surface area contributed by atoms with Crippen LogP contribution < -0.4 is 0 Å². The SMILES string of the molecule is C[C@@H]1CN(C(=O)c2ccccc2Br)CC(C(=O)O)O1. The molecule has 102 valence electrons. The highest BCUT2D eigenvalue weighted by molar-refractivity contribution is 9.10. The Balaban J connectivity index is 2.19. The molecule has 6 heteroatoms. The zero-order valence-corrected chi connectivity index (χ0v) is 12.0. The fourth-order valence-corrected chi connectivity index (χ4v) is 2.51. The lowest BCUT2D eigenvalue weighted by atomic mass is 10.1. The van der Waals surface area contributed by atoms with Gasteiger partial charge in [-0.2, -0.15) is 0 Å². The van der Waals surface area contributed by atoms with Gasteiger partial charge in [0.1, 0.15) is 0 Å². The molecule has 0 spiro atoms. The number of nitrogens with zero attached hydrogens (tertiary/aromatic N) is 1. The molecule has 1 aromatic carbocycles.